The molecule has 0 aliphatic rings. The predicted octanol–water partition coefficient (Wildman–Crippen LogP) is 3.45. The van der Waals surface area contributed by atoms with E-state index < -0.39 is 0 Å². The van der Waals surface area contributed by atoms with Crippen LogP contribution in [-0.4, -0.2) is 16.5 Å². The van der Waals surface area contributed by atoms with Crippen LogP contribution in [0.3, 0.4) is 0 Å². The Bertz CT molecular complexity index is 1490. The molecule has 5 aromatic rings. The standard InChI is InChI=1S/C27H21N3O3/c1-33-22-11-7-10-21(16-22)23-14-13-19(17-28-23)18-30-24-12-5-6-15-29(24)26(31)25(27(30)32)20-8-3-2-4-9-20/h2-17H,18H2,1H3. The lowest BCUT2D eigenvalue weighted by atomic mass is 10.1. The number of nitrogens with zero attached hydrogens (tertiary/aromatic N) is 3. The van der Waals surface area contributed by atoms with E-state index in [4.69, 9.17) is 4.74 Å². The molecule has 0 amide bonds. The third-order valence-corrected chi connectivity index (χ3v) is 5.60. The van der Waals surface area contributed by atoms with Crippen molar-refractivity contribution < 1.29 is 14.4 Å². The van der Waals surface area contributed by atoms with Crippen molar-refractivity contribution >= 4 is 5.65 Å². The van der Waals surface area contributed by atoms with Gasteiger partial charge in [-0.05, 0) is 29.8 Å². The number of pyridine rings is 2. The fourth-order valence-electron chi connectivity index (χ4n) is 3.94. The minimum atomic E-state index is -0.329. The van der Waals surface area contributed by atoms with E-state index in [0.29, 0.717) is 11.2 Å². The molecule has 2 aromatic carbocycles. The van der Waals surface area contributed by atoms with Gasteiger partial charge < -0.3 is 9.84 Å². The van der Waals surface area contributed by atoms with Crippen LogP contribution in [0.2, 0.25) is 0 Å². The average Bonchev–Trinajstić information content (AvgIpc) is 2.88. The zero-order chi connectivity index (χ0) is 22.8. The zero-order valence-corrected chi connectivity index (χ0v) is 18.0. The van der Waals surface area contributed by atoms with Crippen LogP contribution in [-0.2, 0) is 6.54 Å². The van der Waals surface area contributed by atoms with Crippen molar-refractivity contribution in [2.75, 3.05) is 7.11 Å². The molecule has 0 saturated heterocycles. The Hall–Kier alpha value is -4.45. The summed E-state index contributed by atoms with van der Waals surface area (Å²) in [5.74, 6) is 0.439. The number of rotatable bonds is 5. The Morgan fingerprint density at radius 3 is 2.48 bits per heavy atom. The number of methoxy groups -OCH3 is 1. The van der Waals surface area contributed by atoms with Crippen LogP contribution < -0.4 is 20.0 Å². The molecule has 162 valence electrons. The van der Waals surface area contributed by atoms with Gasteiger partial charge in [0.25, 0.3) is 5.65 Å². The first-order valence-corrected chi connectivity index (χ1v) is 10.5. The molecule has 0 radical (unpaired) electrons. The highest BCUT2D eigenvalue weighted by Crippen LogP contribution is 2.23. The summed E-state index contributed by atoms with van der Waals surface area (Å²) in [6.45, 7) is 0.290. The van der Waals surface area contributed by atoms with Gasteiger partial charge in [0.15, 0.2) is 0 Å². The highest BCUT2D eigenvalue weighted by atomic mass is 16.5. The van der Waals surface area contributed by atoms with Gasteiger partial charge in [0.2, 0.25) is 0 Å². The second kappa shape index (κ2) is 8.59. The maximum Gasteiger partial charge on any atom is 0.349 e. The lowest BCUT2D eigenvalue weighted by Crippen LogP contribution is -2.44. The third-order valence-electron chi connectivity index (χ3n) is 5.60. The van der Waals surface area contributed by atoms with E-state index in [2.05, 4.69) is 4.98 Å². The fourth-order valence-corrected chi connectivity index (χ4v) is 3.94. The van der Waals surface area contributed by atoms with Gasteiger partial charge in [-0.1, -0.05) is 54.6 Å². The molecule has 0 saturated carbocycles. The van der Waals surface area contributed by atoms with Gasteiger partial charge in [0.1, 0.15) is 17.9 Å². The van der Waals surface area contributed by atoms with Gasteiger partial charge >= 0.3 is 5.56 Å². The normalized spacial score (nSPS) is 10.9. The number of benzene rings is 2. The van der Waals surface area contributed by atoms with Gasteiger partial charge in [-0.3, -0.25) is 4.98 Å². The highest BCUT2D eigenvalue weighted by molar-refractivity contribution is 5.66. The first-order valence-electron chi connectivity index (χ1n) is 10.5. The number of ether oxygens (including phenoxy) is 1. The van der Waals surface area contributed by atoms with E-state index in [0.717, 1.165) is 22.6 Å². The van der Waals surface area contributed by atoms with Crippen molar-refractivity contribution in [3.8, 4) is 34.0 Å². The number of hydrogen-bond donors (Lipinski definition) is 0. The van der Waals surface area contributed by atoms with Crippen molar-refractivity contribution in [3.05, 3.63) is 113 Å². The van der Waals surface area contributed by atoms with Gasteiger partial charge in [0.05, 0.1) is 24.9 Å². The molecular weight excluding hydrogens is 414 g/mol. The smallest absolute Gasteiger partial charge is 0.349 e. The Labute approximate surface area is 190 Å². The number of hydrogen-bond acceptors (Lipinski definition) is 4. The molecule has 6 nitrogen and oxygen atoms in total. The molecule has 0 fully saturated rings. The molecule has 0 aliphatic heterocycles. The summed E-state index contributed by atoms with van der Waals surface area (Å²) < 4.78 is 8.43. The van der Waals surface area contributed by atoms with Crippen LogP contribution in [0.5, 0.6) is 11.6 Å². The molecule has 0 bridgehead atoms. The maximum atomic E-state index is 13.5. The SMILES string of the molecule is COc1cccc(-c2ccc(C[n+]3c([O-])c(-c4ccccc4)c(=O)n4ccccc43)cn2)c1. The van der Waals surface area contributed by atoms with Crippen LogP contribution in [0, 0.1) is 0 Å². The molecule has 3 aromatic heterocycles. The van der Waals surface area contributed by atoms with E-state index in [9.17, 15) is 9.90 Å². The fraction of sp³-hybridized carbons (Fsp3) is 0.0741. The minimum Gasteiger partial charge on any atom is -0.842 e. The van der Waals surface area contributed by atoms with Crippen LogP contribution in [0.15, 0.2) is 102 Å². The monoisotopic (exact) mass is 435 g/mol. The predicted molar refractivity (Wildman–Crippen MR) is 124 cm³/mol. The quantitative estimate of drug-likeness (QED) is 0.397. The summed E-state index contributed by atoms with van der Waals surface area (Å²) >= 11 is 0. The highest BCUT2D eigenvalue weighted by Gasteiger charge is 2.20. The summed E-state index contributed by atoms with van der Waals surface area (Å²) in [4.78, 5) is 17.7. The lowest BCUT2D eigenvalue weighted by Gasteiger charge is -2.17. The molecule has 0 atom stereocenters. The molecule has 0 N–H and O–H groups in total. The molecule has 0 unspecified atom stereocenters. The van der Waals surface area contributed by atoms with Gasteiger partial charge in [-0.25, -0.2) is 9.36 Å². The van der Waals surface area contributed by atoms with Gasteiger partial charge in [0, 0.05) is 23.4 Å². The van der Waals surface area contributed by atoms with Crippen molar-refractivity contribution in [2.45, 2.75) is 6.54 Å². The first-order chi connectivity index (χ1) is 16.2. The van der Waals surface area contributed by atoms with Gasteiger partial charge in [-0.2, -0.15) is 4.40 Å². The summed E-state index contributed by atoms with van der Waals surface area (Å²) in [5.41, 5.74) is 3.57. The Morgan fingerprint density at radius 2 is 1.73 bits per heavy atom. The number of fused-ring (bicyclic) bond motifs is 1. The molecule has 5 rings (SSSR count). The van der Waals surface area contributed by atoms with E-state index in [1.54, 1.807) is 48.3 Å². The van der Waals surface area contributed by atoms with E-state index in [-0.39, 0.29) is 23.5 Å². The van der Waals surface area contributed by atoms with Crippen molar-refractivity contribution in [2.24, 2.45) is 0 Å². The average molecular weight is 435 g/mol. The molecule has 0 aliphatic carbocycles. The third kappa shape index (κ3) is 3.83. The molecule has 6 heteroatoms. The summed E-state index contributed by atoms with van der Waals surface area (Å²) in [5, 5.41) is 13.5. The Balaban J connectivity index is 1.58. The van der Waals surface area contributed by atoms with E-state index in [1.165, 1.54) is 4.40 Å². The van der Waals surface area contributed by atoms with E-state index in [1.807, 2.05) is 60.7 Å². The first kappa shape index (κ1) is 20.5. The largest absolute Gasteiger partial charge is 0.842 e. The van der Waals surface area contributed by atoms with Crippen LogP contribution in [0.25, 0.3) is 28.0 Å². The van der Waals surface area contributed by atoms with Crippen molar-refractivity contribution in [3.63, 3.8) is 0 Å². The molecular formula is C27H21N3O3. The van der Waals surface area contributed by atoms with E-state index >= 15 is 0 Å². The second-order valence-electron chi connectivity index (χ2n) is 7.65. The van der Waals surface area contributed by atoms with Gasteiger partial charge in [-0.15, -0.1) is 0 Å². The molecule has 0 spiro atoms. The Kier molecular flexibility index (Phi) is 5.32. The summed E-state index contributed by atoms with van der Waals surface area (Å²) in [7, 11) is 1.63. The topological polar surface area (TPSA) is 70.5 Å². The summed E-state index contributed by atoms with van der Waals surface area (Å²) in [6.07, 6.45) is 3.44. The zero-order valence-electron chi connectivity index (χ0n) is 18.0. The number of aromatic nitrogens is 3. The van der Waals surface area contributed by atoms with Crippen LogP contribution in [0.4, 0.5) is 0 Å². The maximum absolute atomic E-state index is 13.5. The second-order valence-corrected chi connectivity index (χ2v) is 7.65. The summed E-state index contributed by atoms with van der Waals surface area (Å²) in [6, 6.07) is 26.0. The lowest BCUT2D eigenvalue weighted by molar-refractivity contribution is -0.708. The molecule has 3 heterocycles. The Morgan fingerprint density at radius 1 is 0.939 bits per heavy atom. The van der Waals surface area contributed by atoms with Crippen molar-refractivity contribution in [1.29, 1.82) is 0 Å². The van der Waals surface area contributed by atoms with Crippen LogP contribution >= 0.6 is 0 Å². The van der Waals surface area contributed by atoms with Crippen molar-refractivity contribution in [1.82, 2.24) is 9.38 Å². The minimum absolute atomic E-state index is 0.153. The molecule has 33 heavy (non-hydrogen) atoms. The van der Waals surface area contributed by atoms with Crippen LogP contribution in [0.1, 0.15) is 5.56 Å².